The summed E-state index contributed by atoms with van der Waals surface area (Å²) in [6.07, 6.45) is 0. The quantitative estimate of drug-likeness (QED) is 0.627. The molecule has 0 aliphatic heterocycles. The van der Waals surface area contributed by atoms with Crippen molar-refractivity contribution in [2.75, 3.05) is 0 Å². The number of nitrogens with two attached hydrogens (primary N) is 1. The van der Waals surface area contributed by atoms with E-state index in [0.29, 0.717) is 0 Å². The molecule has 0 fully saturated rings. The largest absolute Gasteiger partial charge is 0.323 e. The highest BCUT2D eigenvalue weighted by Crippen LogP contribution is 2.11. The van der Waals surface area contributed by atoms with Crippen LogP contribution in [0.3, 0.4) is 0 Å². The van der Waals surface area contributed by atoms with Crippen LogP contribution in [0.15, 0.2) is 12.1 Å². The molecule has 0 aliphatic rings. The molecule has 1 aromatic heterocycles. The molecule has 11 heavy (non-hydrogen) atoms. The Labute approximate surface area is 63.1 Å². The molecule has 2 N–H and O–H groups in total. The molecular formula is C7H8F2N2. The van der Waals surface area contributed by atoms with Crippen LogP contribution < -0.4 is 5.73 Å². The predicted molar refractivity (Wildman–Crippen MR) is 36.8 cm³/mol. The number of pyridine rings is 1. The minimum Gasteiger partial charge on any atom is -0.323 e. The Balaban J connectivity index is 3.13. The van der Waals surface area contributed by atoms with Gasteiger partial charge in [0.05, 0.1) is 5.69 Å². The normalized spacial score (nSPS) is 13.1. The van der Waals surface area contributed by atoms with Crippen molar-refractivity contribution in [1.82, 2.24) is 4.98 Å². The predicted octanol–water partition coefficient (Wildman–Crippen LogP) is 1.38. The van der Waals surface area contributed by atoms with Crippen molar-refractivity contribution in [2.24, 2.45) is 5.73 Å². The lowest BCUT2D eigenvalue weighted by Gasteiger charge is -2.04. The Morgan fingerprint density at radius 2 is 2.09 bits per heavy atom. The maximum Gasteiger partial charge on any atom is 0.213 e. The average molecular weight is 158 g/mol. The SMILES string of the molecule is CC(N)c1nc(F)ccc1F. The summed E-state index contributed by atoms with van der Waals surface area (Å²) < 4.78 is 25.1. The third-order valence-electron chi connectivity index (χ3n) is 1.27. The maximum atomic E-state index is 12.7. The van der Waals surface area contributed by atoms with Crippen LogP contribution in [-0.4, -0.2) is 4.98 Å². The van der Waals surface area contributed by atoms with Gasteiger partial charge in [-0.05, 0) is 19.1 Å². The molecule has 0 aliphatic carbocycles. The van der Waals surface area contributed by atoms with Crippen molar-refractivity contribution < 1.29 is 8.78 Å². The second kappa shape index (κ2) is 2.92. The van der Waals surface area contributed by atoms with E-state index >= 15 is 0 Å². The third-order valence-corrected chi connectivity index (χ3v) is 1.27. The zero-order chi connectivity index (χ0) is 8.43. The van der Waals surface area contributed by atoms with Crippen LogP contribution in [0.2, 0.25) is 0 Å². The van der Waals surface area contributed by atoms with Gasteiger partial charge in [-0.1, -0.05) is 0 Å². The number of halogens is 2. The number of aromatic nitrogens is 1. The van der Waals surface area contributed by atoms with Gasteiger partial charge in [0.1, 0.15) is 5.82 Å². The van der Waals surface area contributed by atoms with Gasteiger partial charge >= 0.3 is 0 Å². The van der Waals surface area contributed by atoms with Gasteiger partial charge in [-0.2, -0.15) is 4.39 Å². The van der Waals surface area contributed by atoms with Crippen molar-refractivity contribution in [2.45, 2.75) is 13.0 Å². The summed E-state index contributed by atoms with van der Waals surface area (Å²) in [5, 5.41) is 0. The van der Waals surface area contributed by atoms with Gasteiger partial charge in [-0.25, -0.2) is 9.37 Å². The van der Waals surface area contributed by atoms with Gasteiger partial charge in [0, 0.05) is 6.04 Å². The first-order valence-electron chi connectivity index (χ1n) is 3.19. The average Bonchev–Trinajstić information content (AvgIpc) is 1.94. The molecule has 0 amide bonds. The Bertz CT molecular complexity index is 261. The van der Waals surface area contributed by atoms with E-state index < -0.39 is 17.8 Å². The molecule has 0 spiro atoms. The standard InChI is InChI=1S/C7H8F2N2/c1-4(10)7-5(8)2-3-6(9)11-7/h2-4H,10H2,1H3. The van der Waals surface area contributed by atoms with Gasteiger partial charge in [-0.3, -0.25) is 0 Å². The molecule has 0 aromatic carbocycles. The van der Waals surface area contributed by atoms with Gasteiger partial charge < -0.3 is 5.73 Å². The molecule has 1 heterocycles. The van der Waals surface area contributed by atoms with Crippen molar-refractivity contribution in [3.05, 3.63) is 29.6 Å². The molecule has 1 rings (SSSR count). The molecular weight excluding hydrogens is 150 g/mol. The van der Waals surface area contributed by atoms with E-state index in [0.717, 1.165) is 12.1 Å². The molecule has 1 unspecified atom stereocenters. The lowest BCUT2D eigenvalue weighted by Crippen LogP contribution is -2.10. The fourth-order valence-corrected chi connectivity index (χ4v) is 0.752. The van der Waals surface area contributed by atoms with Crippen molar-refractivity contribution in [3.63, 3.8) is 0 Å². The van der Waals surface area contributed by atoms with E-state index in [9.17, 15) is 8.78 Å². The van der Waals surface area contributed by atoms with Gasteiger partial charge in [0.25, 0.3) is 0 Å². The van der Waals surface area contributed by atoms with Gasteiger partial charge in [-0.15, -0.1) is 0 Å². The van der Waals surface area contributed by atoms with Crippen LogP contribution >= 0.6 is 0 Å². The molecule has 0 saturated heterocycles. The summed E-state index contributed by atoms with van der Waals surface area (Å²) in [4.78, 5) is 3.31. The minimum atomic E-state index is -0.710. The van der Waals surface area contributed by atoms with E-state index in [1.54, 1.807) is 6.92 Å². The van der Waals surface area contributed by atoms with E-state index in [1.807, 2.05) is 0 Å². The Morgan fingerprint density at radius 1 is 1.45 bits per heavy atom. The second-order valence-corrected chi connectivity index (χ2v) is 2.29. The van der Waals surface area contributed by atoms with E-state index in [2.05, 4.69) is 4.98 Å². The Kier molecular flexibility index (Phi) is 2.14. The summed E-state index contributed by atoms with van der Waals surface area (Å²) in [7, 11) is 0. The van der Waals surface area contributed by atoms with Gasteiger partial charge in [0.2, 0.25) is 5.95 Å². The number of hydrogen-bond acceptors (Lipinski definition) is 2. The lowest BCUT2D eigenvalue weighted by molar-refractivity contribution is 0.528. The van der Waals surface area contributed by atoms with Gasteiger partial charge in [0.15, 0.2) is 0 Å². The Morgan fingerprint density at radius 3 is 2.55 bits per heavy atom. The maximum absolute atomic E-state index is 12.7. The monoisotopic (exact) mass is 158 g/mol. The summed E-state index contributed by atoms with van der Waals surface area (Å²) in [5.41, 5.74) is 5.28. The molecule has 1 aromatic rings. The smallest absolute Gasteiger partial charge is 0.213 e. The molecule has 0 saturated carbocycles. The number of hydrogen-bond donors (Lipinski definition) is 1. The van der Waals surface area contributed by atoms with Crippen LogP contribution in [0.4, 0.5) is 8.78 Å². The molecule has 1 atom stereocenters. The lowest BCUT2D eigenvalue weighted by atomic mass is 10.2. The van der Waals surface area contributed by atoms with E-state index in [4.69, 9.17) is 5.73 Å². The van der Waals surface area contributed by atoms with Crippen molar-refractivity contribution in [1.29, 1.82) is 0 Å². The second-order valence-electron chi connectivity index (χ2n) is 2.29. The topological polar surface area (TPSA) is 38.9 Å². The summed E-state index contributed by atoms with van der Waals surface area (Å²) in [6.45, 7) is 1.55. The first-order chi connectivity index (χ1) is 5.11. The fraction of sp³-hybridized carbons (Fsp3) is 0.286. The van der Waals surface area contributed by atoms with Crippen molar-refractivity contribution in [3.8, 4) is 0 Å². The fourth-order valence-electron chi connectivity index (χ4n) is 0.752. The summed E-state index contributed by atoms with van der Waals surface area (Å²) in [5.74, 6) is -1.28. The third kappa shape index (κ3) is 1.71. The zero-order valence-electron chi connectivity index (χ0n) is 6.01. The zero-order valence-corrected chi connectivity index (χ0v) is 6.01. The van der Waals surface area contributed by atoms with Crippen LogP contribution in [0.5, 0.6) is 0 Å². The number of rotatable bonds is 1. The molecule has 0 radical (unpaired) electrons. The summed E-state index contributed by atoms with van der Waals surface area (Å²) in [6, 6.07) is 1.40. The highest BCUT2D eigenvalue weighted by atomic mass is 19.1. The highest BCUT2D eigenvalue weighted by Gasteiger charge is 2.08. The van der Waals surface area contributed by atoms with Crippen molar-refractivity contribution >= 4 is 0 Å². The molecule has 4 heteroatoms. The first kappa shape index (κ1) is 8.07. The van der Waals surface area contributed by atoms with Crippen LogP contribution in [0.1, 0.15) is 18.7 Å². The van der Waals surface area contributed by atoms with E-state index in [-0.39, 0.29) is 5.69 Å². The van der Waals surface area contributed by atoms with Crippen LogP contribution in [0, 0.1) is 11.8 Å². The highest BCUT2D eigenvalue weighted by molar-refractivity contribution is 5.10. The first-order valence-corrected chi connectivity index (χ1v) is 3.19. The molecule has 2 nitrogen and oxygen atoms in total. The minimum absolute atomic E-state index is 0.0370. The molecule has 0 bridgehead atoms. The van der Waals surface area contributed by atoms with Crippen LogP contribution in [0.25, 0.3) is 0 Å². The Hall–Kier alpha value is -1.03. The molecule has 60 valence electrons. The summed E-state index contributed by atoms with van der Waals surface area (Å²) >= 11 is 0. The van der Waals surface area contributed by atoms with Crippen LogP contribution in [-0.2, 0) is 0 Å². The van der Waals surface area contributed by atoms with E-state index in [1.165, 1.54) is 0 Å². The number of nitrogens with zero attached hydrogens (tertiary/aromatic N) is 1.